The zero-order chi connectivity index (χ0) is 18.1. The summed E-state index contributed by atoms with van der Waals surface area (Å²) in [7, 11) is -2.05. The fraction of sp³-hybridized carbons (Fsp3) is 1.00. The number of likely N-dealkylation sites (tertiary alicyclic amines) is 1. The zero-order valence-electron chi connectivity index (χ0n) is 15.9. The largest absolute Gasteiger partial charge is 0.469 e. The Morgan fingerprint density at radius 1 is 0.833 bits per heavy atom. The van der Waals surface area contributed by atoms with Crippen molar-refractivity contribution < 1.29 is 18.9 Å². The standard InChI is InChI=1S/C12H27O4P.C6H13N/c1-2-3-4-5-6-7-8-9-10-11-12-16-17(13,14)15;1-7-5-3-2-4-6-7/h2-12H2,1H3,(H2,13,14,15);2-6H2,1H3. The van der Waals surface area contributed by atoms with Crippen molar-refractivity contribution in [2.24, 2.45) is 0 Å². The Labute approximate surface area is 149 Å². The number of hydrogen-bond acceptors (Lipinski definition) is 3. The van der Waals surface area contributed by atoms with Crippen LogP contribution in [0.5, 0.6) is 0 Å². The van der Waals surface area contributed by atoms with Crippen LogP contribution in [0.3, 0.4) is 0 Å². The number of piperidine rings is 1. The highest BCUT2D eigenvalue weighted by Gasteiger charge is 2.12. The van der Waals surface area contributed by atoms with Crippen LogP contribution in [0, 0.1) is 0 Å². The minimum absolute atomic E-state index is 0.167. The summed E-state index contributed by atoms with van der Waals surface area (Å²) in [5.41, 5.74) is 0. The SMILES string of the molecule is CCCCCCCCCCCCOP(=O)(O)O.CN1CCCCC1. The van der Waals surface area contributed by atoms with Gasteiger partial charge >= 0.3 is 7.82 Å². The minimum Gasteiger partial charge on any atom is -0.306 e. The number of nitrogens with zero attached hydrogens (tertiary/aromatic N) is 1. The summed E-state index contributed by atoms with van der Waals surface area (Å²) in [5.74, 6) is 0. The third kappa shape index (κ3) is 20.1. The summed E-state index contributed by atoms with van der Waals surface area (Å²) in [6.07, 6.45) is 16.3. The van der Waals surface area contributed by atoms with E-state index in [9.17, 15) is 4.57 Å². The van der Waals surface area contributed by atoms with Gasteiger partial charge in [0.2, 0.25) is 0 Å². The molecule has 0 aromatic carbocycles. The minimum atomic E-state index is -4.24. The van der Waals surface area contributed by atoms with Gasteiger partial charge in [0, 0.05) is 0 Å². The number of unbranched alkanes of at least 4 members (excludes halogenated alkanes) is 9. The van der Waals surface area contributed by atoms with Crippen molar-refractivity contribution in [2.75, 3.05) is 26.7 Å². The van der Waals surface area contributed by atoms with E-state index < -0.39 is 7.82 Å². The average Bonchev–Trinajstić information content (AvgIpc) is 2.53. The van der Waals surface area contributed by atoms with Crippen molar-refractivity contribution in [2.45, 2.75) is 90.4 Å². The number of phosphoric ester groups is 1. The van der Waals surface area contributed by atoms with Gasteiger partial charge in [0.15, 0.2) is 0 Å². The molecule has 0 radical (unpaired) electrons. The van der Waals surface area contributed by atoms with E-state index in [2.05, 4.69) is 23.4 Å². The fourth-order valence-electron chi connectivity index (χ4n) is 2.82. The van der Waals surface area contributed by atoms with E-state index in [4.69, 9.17) is 9.79 Å². The molecule has 1 rings (SSSR count). The van der Waals surface area contributed by atoms with E-state index in [-0.39, 0.29) is 6.61 Å². The molecule has 0 aromatic heterocycles. The molecule has 146 valence electrons. The molecular weight excluding hydrogens is 325 g/mol. The van der Waals surface area contributed by atoms with E-state index in [1.54, 1.807) is 0 Å². The molecule has 5 nitrogen and oxygen atoms in total. The van der Waals surface area contributed by atoms with E-state index >= 15 is 0 Å². The molecular formula is C18H40NO4P. The van der Waals surface area contributed by atoms with Crippen molar-refractivity contribution in [3.8, 4) is 0 Å². The molecule has 1 aliphatic rings. The maximum Gasteiger partial charge on any atom is 0.469 e. The van der Waals surface area contributed by atoms with Crippen LogP contribution in [0.15, 0.2) is 0 Å². The van der Waals surface area contributed by atoms with Crippen LogP contribution in [0.4, 0.5) is 0 Å². The second-order valence-corrected chi connectivity index (χ2v) is 8.11. The lowest BCUT2D eigenvalue weighted by atomic mass is 10.1. The molecule has 0 bridgehead atoms. The van der Waals surface area contributed by atoms with Crippen LogP contribution < -0.4 is 0 Å². The van der Waals surface area contributed by atoms with Crippen LogP contribution in [0.2, 0.25) is 0 Å². The zero-order valence-corrected chi connectivity index (χ0v) is 16.8. The molecule has 1 heterocycles. The summed E-state index contributed by atoms with van der Waals surface area (Å²) >= 11 is 0. The summed E-state index contributed by atoms with van der Waals surface area (Å²) in [6.45, 7) is 5.03. The third-order valence-corrected chi connectivity index (χ3v) is 4.86. The molecule has 0 unspecified atom stereocenters. The van der Waals surface area contributed by atoms with E-state index in [1.165, 1.54) is 77.3 Å². The van der Waals surface area contributed by atoms with Crippen LogP contribution in [-0.2, 0) is 9.09 Å². The maximum atomic E-state index is 10.4. The first-order chi connectivity index (χ1) is 11.5. The highest BCUT2D eigenvalue weighted by molar-refractivity contribution is 7.46. The topological polar surface area (TPSA) is 70.0 Å². The quantitative estimate of drug-likeness (QED) is 0.371. The molecule has 0 aliphatic carbocycles. The van der Waals surface area contributed by atoms with Crippen LogP contribution in [0.25, 0.3) is 0 Å². The Hall–Kier alpha value is 0.0700. The molecule has 1 aliphatic heterocycles. The van der Waals surface area contributed by atoms with Gasteiger partial charge in [-0.05, 0) is 39.4 Å². The van der Waals surface area contributed by atoms with Crippen molar-refractivity contribution in [3.05, 3.63) is 0 Å². The average molecular weight is 365 g/mol. The van der Waals surface area contributed by atoms with Crippen molar-refractivity contribution in [1.82, 2.24) is 4.90 Å². The molecule has 0 saturated carbocycles. The third-order valence-electron chi connectivity index (χ3n) is 4.34. The van der Waals surface area contributed by atoms with Crippen LogP contribution >= 0.6 is 7.82 Å². The maximum absolute atomic E-state index is 10.4. The lowest BCUT2D eigenvalue weighted by Crippen LogP contribution is -2.24. The van der Waals surface area contributed by atoms with Crippen molar-refractivity contribution in [1.29, 1.82) is 0 Å². The van der Waals surface area contributed by atoms with Gasteiger partial charge in [-0.15, -0.1) is 0 Å². The van der Waals surface area contributed by atoms with Gasteiger partial charge in [-0.2, -0.15) is 0 Å². The second-order valence-electron chi connectivity index (χ2n) is 6.87. The van der Waals surface area contributed by atoms with E-state index in [0.717, 1.165) is 19.3 Å². The summed E-state index contributed by atoms with van der Waals surface area (Å²) in [5, 5.41) is 0. The Kier molecular flexibility index (Phi) is 16.6. The highest BCUT2D eigenvalue weighted by Crippen LogP contribution is 2.35. The van der Waals surface area contributed by atoms with Crippen LogP contribution in [0.1, 0.15) is 90.4 Å². The Morgan fingerprint density at radius 3 is 1.67 bits per heavy atom. The fourth-order valence-corrected chi connectivity index (χ4v) is 3.19. The Balaban J connectivity index is 0.000000620. The number of hydrogen-bond donors (Lipinski definition) is 2. The van der Waals surface area contributed by atoms with E-state index in [1.807, 2.05) is 0 Å². The van der Waals surface area contributed by atoms with Crippen molar-refractivity contribution >= 4 is 7.82 Å². The van der Waals surface area contributed by atoms with Gasteiger partial charge in [-0.1, -0.05) is 71.1 Å². The first-order valence-corrected chi connectivity index (χ1v) is 11.4. The molecule has 1 saturated heterocycles. The number of phosphoric acid groups is 1. The predicted molar refractivity (Wildman–Crippen MR) is 101 cm³/mol. The molecule has 6 heteroatoms. The van der Waals surface area contributed by atoms with Crippen molar-refractivity contribution in [3.63, 3.8) is 0 Å². The first-order valence-electron chi connectivity index (χ1n) is 9.84. The summed E-state index contributed by atoms with van der Waals surface area (Å²) in [4.78, 5) is 19.3. The molecule has 24 heavy (non-hydrogen) atoms. The molecule has 0 spiro atoms. The Morgan fingerprint density at radius 2 is 1.29 bits per heavy atom. The van der Waals surface area contributed by atoms with Gasteiger partial charge in [0.05, 0.1) is 6.61 Å². The monoisotopic (exact) mass is 365 g/mol. The van der Waals surface area contributed by atoms with Gasteiger partial charge in [-0.25, -0.2) is 4.57 Å². The summed E-state index contributed by atoms with van der Waals surface area (Å²) in [6, 6.07) is 0. The van der Waals surface area contributed by atoms with Gasteiger partial charge in [0.25, 0.3) is 0 Å². The van der Waals surface area contributed by atoms with Gasteiger partial charge < -0.3 is 14.7 Å². The smallest absolute Gasteiger partial charge is 0.306 e. The summed E-state index contributed by atoms with van der Waals surface area (Å²) < 4.78 is 14.7. The molecule has 0 atom stereocenters. The Bertz CT molecular complexity index is 303. The lowest BCUT2D eigenvalue weighted by Gasteiger charge is -2.20. The van der Waals surface area contributed by atoms with Crippen LogP contribution in [-0.4, -0.2) is 41.4 Å². The van der Waals surface area contributed by atoms with Gasteiger partial charge in [0.1, 0.15) is 0 Å². The van der Waals surface area contributed by atoms with E-state index in [0.29, 0.717) is 0 Å². The lowest BCUT2D eigenvalue weighted by molar-refractivity contribution is 0.193. The molecule has 1 fully saturated rings. The van der Waals surface area contributed by atoms with Gasteiger partial charge in [-0.3, -0.25) is 4.52 Å². The second kappa shape index (κ2) is 16.5. The highest BCUT2D eigenvalue weighted by atomic mass is 31.2. The predicted octanol–water partition coefficient (Wildman–Crippen LogP) is 5.12. The first kappa shape index (κ1) is 24.1. The number of rotatable bonds is 12. The normalized spacial score (nSPS) is 15.8. The molecule has 0 aromatic rings. The molecule has 2 N–H and O–H groups in total. The molecule has 0 amide bonds.